The zero-order valence-corrected chi connectivity index (χ0v) is 11.1. The highest BCUT2D eigenvalue weighted by Crippen LogP contribution is 2.29. The van der Waals surface area contributed by atoms with E-state index in [4.69, 9.17) is 15.3 Å². The van der Waals surface area contributed by atoms with E-state index in [1.54, 1.807) is 0 Å². The van der Waals surface area contributed by atoms with Crippen molar-refractivity contribution in [1.29, 1.82) is 0 Å². The quantitative estimate of drug-likeness (QED) is 0.615. The minimum absolute atomic E-state index is 0.0196. The van der Waals surface area contributed by atoms with Gasteiger partial charge >= 0.3 is 0 Å². The molecule has 0 amide bonds. The summed E-state index contributed by atoms with van der Waals surface area (Å²) >= 11 is 0. The number of hydrogen-bond acceptors (Lipinski definition) is 4. The van der Waals surface area contributed by atoms with Crippen molar-refractivity contribution in [1.82, 2.24) is 5.43 Å². The van der Waals surface area contributed by atoms with E-state index in [1.165, 1.54) is 11.1 Å². The third kappa shape index (κ3) is 3.09. The van der Waals surface area contributed by atoms with Crippen LogP contribution in [0.25, 0.3) is 0 Å². The molecule has 0 bridgehead atoms. The fourth-order valence-electron chi connectivity index (χ4n) is 2.28. The molecule has 1 aliphatic heterocycles. The van der Waals surface area contributed by atoms with Crippen molar-refractivity contribution in [2.45, 2.75) is 38.5 Å². The molecule has 0 saturated heterocycles. The van der Waals surface area contributed by atoms with Gasteiger partial charge in [0, 0.05) is 0 Å². The van der Waals surface area contributed by atoms with Gasteiger partial charge in [0.25, 0.3) is 0 Å². The lowest BCUT2D eigenvalue weighted by atomic mass is 9.94. The molecule has 2 rings (SSSR count). The van der Waals surface area contributed by atoms with Crippen LogP contribution in [0.5, 0.6) is 0 Å². The maximum absolute atomic E-state index is 5.87. The molecule has 100 valence electrons. The molecule has 4 heteroatoms. The van der Waals surface area contributed by atoms with Gasteiger partial charge in [-0.1, -0.05) is 24.3 Å². The van der Waals surface area contributed by atoms with Crippen LogP contribution in [-0.2, 0) is 15.9 Å². The third-order valence-electron chi connectivity index (χ3n) is 3.22. The number of rotatable bonds is 5. The molecule has 18 heavy (non-hydrogen) atoms. The Morgan fingerprint density at radius 1 is 1.44 bits per heavy atom. The molecule has 1 aromatic carbocycles. The van der Waals surface area contributed by atoms with Gasteiger partial charge < -0.3 is 9.47 Å². The average molecular weight is 250 g/mol. The highest BCUT2D eigenvalue weighted by atomic mass is 16.5. The molecule has 2 unspecified atom stereocenters. The van der Waals surface area contributed by atoms with Crippen LogP contribution in [-0.4, -0.2) is 25.4 Å². The molecule has 0 spiro atoms. The van der Waals surface area contributed by atoms with Gasteiger partial charge in [-0.05, 0) is 31.4 Å². The van der Waals surface area contributed by atoms with Gasteiger partial charge in [0.1, 0.15) is 6.10 Å². The Labute approximate surface area is 108 Å². The molecule has 0 aliphatic carbocycles. The Kier molecular flexibility index (Phi) is 4.72. The van der Waals surface area contributed by atoms with Gasteiger partial charge in [0.05, 0.1) is 25.4 Å². The first-order valence-electron chi connectivity index (χ1n) is 6.49. The van der Waals surface area contributed by atoms with Crippen LogP contribution in [0.2, 0.25) is 0 Å². The molecular weight excluding hydrogens is 228 g/mol. The fourth-order valence-corrected chi connectivity index (χ4v) is 2.28. The standard InChI is InChI=1S/C14H22N2O2/c1-10(2)18-9-13(16-15)14-12-6-4-3-5-11(12)7-8-17-14/h3-6,10,13-14,16H,7-9,15H2,1-2H3. The number of hydrogen-bond donors (Lipinski definition) is 2. The maximum atomic E-state index is 5.87. The Bertz CT molecular complexity index is 382. The van der Waals surface area contributed by atoms with E-state index in [0.29, 0.717) is 6.61 Å². The summed E-state index contributed by atoms with van der Waals surface area (Å²) in [6.07, 6.45) is 1.13. The number of nitrogens with two attached hydrogens (primary N) is 1. The van der Waals surface area contributed by atoms with Crippen LogP contribution in [0.15, 0.2) is 24.3 Å². The van der Waals surface area contributed by atoms with Gasteiger partial charge in [-0.2, -0.15) is 0 Å². The topological polar surface area (TPSA) is 56.5 Å². The third-order valence-corrected chi connectivity index (χ3v) is 3.22. The predicted octanol–water partition coefficient (Wildman–Crippen LogP) is 1.56. The SMILES string of the molecule is CC(C)OCC(NN)C1OCCc2ccccc21. The van der Waals surface area contributed by atoms with Crippen LogP contribution >= 0.6 is 0 Å². The summed E-state index contributed by atoms with van der Waals surface area (Å²) in [5.74, 6) is 5.64. The molecule has 0 saturated carbocycles. The predicted molar refractivity (Wildman–Crippen MR) is 71.0 cm³/mol. The molecular formula is C14H22N2O2. The van der Waals surface area contributed by atoms with Crippen LogP contribution in [0.4, 0.5) is 0 Å². The summed E-state index contributed by atoms with van der Waals surface area (Å²) in [6, 6.07) is 8.35. The number of fused-ring (bicyclic) bond motifs is 1. The van der Waals surface area contributed by atoms with Crippen LogP contribution in [0, 0.1) is 0 Å². The second-order valence-corrected chi connectivity index (χ2v) is 4.90. The second-order valence-electron chi connectivity index (χ2n) is 4.90. The van der Waals surface area contributed by atoms with E-state index < -0.39 is 0 Å². The van der Waals surface area contributed by atoms with Gasteiger partial charge in [-0.15, -0.1) is 0 Å². The molecule has 1 heterocycles. The Morgan fingerprint density at radius 3 is 2.94 bits per heavy atom. The summed E-state index contributed by atoms with van der Waals surface area (Å²) in [5.41, 5.74) is 5.39. The first-order chi connectivity index (χ1) is 8.72. The van der Waals surface area contributed by atoms with E-state index >= 15 is 0 Å². The highest BCUT2D eigenvalue weighted by molar-refractivity contribution is 5.31. The zero-order chi connectivity index (χ0) is 13.0. The minimum Gasteiger partial charge on any atom is -0.377 e. The summed E-state index contributed by atoms with van der Waals surface area (Å²) in [6.45, 7) is 5.32. The van der Waals surface area contributed by atoms with Gasteiger partial charge in [0.2, 0.25) is 0 Å². The Balaban J connectivity index is 2.12. The number of benzene rings is 1. The van der Waals surface area contributed by atoms with Crippen molar-refractivity contribution in [3.05, 3.63) is 35.4 Å². The van der Waals surface area contributed by atoms with E-state index in [9.17, 15) is 0 Å². The molecule has 3 N–H and O–H groups in total. The molecule has 1 aromatic rings. The summed E-state index contributed by atoms with van der Waals surface area (Å²) in [5, 5.41) is 0. The molecule has 1 aliphatic rings. The van der Waals surface area contributed by atoms with Gasteiger partial charge in [-0.3, -0.25) is 11.3 Å². The van der Waals surface area contributed by atoms with Gasteiger partial charge in [0.15, 0.2) is 0 Å². The average Bonchev–Trinajstić information content (AvgIpc) is 2.39. The van der Waals surface area contributed by atoms with Crippen molar-refractivity contribution in [2.75, 3.05) is 13.2 Å². The molecule has 2 atom stereocenters. The smallest absolute Gasteiger partial charge is 0.102 e. The first-order valence-corrected chi connectivity index (χ1v) is 6.49. The van der Waals surface area contributed by atoms with Crippen molar-refractivity contribution < 1.29 is 9.47 Å². The van der Waals surface area contributed by atoms with Crippen LogP contribution < -0.4 is 11.3 Å². The van der Waals surface area contributed by atoms with Crippen molar-refractivity contribution >= 4 is 0 Å². The van der Waals surface area contributed by atoms with E-state index in [2.05, 4.69) is 23.6 Å². The second kappa shape index (κ2) is 6.29. The van der Waals surface area contributed by atoms with Crippen molar-refractivity contribution in [3.8, 4) is 0 Å². The maximum Gasteiger partial charge on any atom is 0.102 e. The highest BCUT2D eigenvalue weighted by Gasteiger charge is 2.28. The van der Waals surface area contributed by atoms with E-state index in [-0.39, 0.29) is 18.2 Å². The van der Waals surface area contributed by atoms with Gasteiger partial charge in [-0.25, -0.2) is 0 Å². The largest absolute Gasteiger partial charge is 0.377 e. The monoisotopic (exact) mass is 250 g/mol. The zero-order valence-electron chi connectivity index (χ0n) is 11.1. The van der Waals surface area contributed by atoms with E-state index in [0.717, 1.165) is 13.0 Å². The summed E-state index contributed by atoms with van der Waals surface area (Å²) < 4.78 is 11.5. The Hall–Kier alpha value is -0.940. The Morgan fingerprint density at radius 2 is 2.22 bits per heavy atom. The lowest BCUT2D eigenvalue weighted by molar-refractivity contribution is -0.0253. The fraction of sp³-hybridized carbons (Fsp3) is 0.571. The number of hydrazine groups is 1. The molecule has 0 radical (unpaired) electrons. The number of ether oxygens (including phenoxy) is 2. The molecule has 0 fully saturated rings. The van der Waals surface area contributed by atoms with Crippen LogP contribution in [0.1, 0.15) is 31.1 Å². The van der Waals surface area contributed by atoms with Crippen LogP contribution in [0.3, 0.4) is 0 Å². The molecule has 0 aromatic heterocycles. The lowest BCUT2D eigenvalue weighted by Gasteiger charge is -2.32. The first kappa shape index (κ1) is 13.5. The summed E-state index contributed by atoms with van der Waals surface area (Å²) in [4.78, 5) is 0. The molecule has 4 nitrogen and oxygen atoms in total. The van der Waals surface area contributed by atoms with Crippen molar-refractivity contribution in [2.24, 2.45) is 5.84 Å². The number of nitrogens with one attached hydrogen (secondary N) is 1. The normalized spacial score (nSPS) is 20.8. The van der Waals surface area contributed by atoms with Crippen molar-refractivity contribution in [3.63, 3.8) is 0 Å². The summed E-state index contributed by atoms with van der Waals surface area (Å²) in [7, 11) is 0. The van der Waals surface area contributed by atoms with E-state index in [1.807, 2.05) is 19.9 Å². The minimum atomic E-state index is -0.0290. The lowest BCUT2D eigenvalue weighted by Crippen LogP contribution is -2.45.